The first kappa shape index (κ1) is 20.7. The highest BCUT2D eigenvalue weighted by Crippen LogP contribution is 2.33. The SMILES string of the molecule is CCOc1ccc(-c2nc(S(=O)(=O)c3ccc(C)cc3)c(NCc3ccco3)o2)cc1. The highest BCUT2D eigenvalue weighted by atomic mass is 32.2. The molecule has 0 unspecified atom stereocenters. The molecule has 0 aliphatic rings. The number of hydrogen-bond donors (Lipinski definition) is 1. The summed E-state index contributed by atoms with van der Waals surface area (Å²) in [4.78, 5) is 4.48. The number of sulfone groups is 1. The van der Waals surface area contributed by atoms with Gasteiger partial charge in [-0.2, -0.15) is 4.98 Å². The van der Waals surface area contributed by atoms with Crippen LogP contribution in [0.1, 0.15) is 18.2 Å². The summed E-state index contributed by atoms with van der Waals surface area (Å²) < 4.78 is 43.2. The average molecular weight is 439 g/mol. The number of hydrogen-bond acceptors (Lipinski definition) is 7. The molecule has 0 amide bonds. The van der Waals surface area contributed by atoms with E-state index >= 15 is 0 Å². The fourth-order valence-corrected chi connectivity index (χ4v) is 4.27. The maximum atomic E-state index is 13.3. The van der Waals surface area contributed by atoms with Crippen LogP contribution >= 0.6 is 0 Å². The smallest absolute Gasteiger partial charge is 0.234 e. The number of benzene rings is 2. The van der Waals surface area contributed by atoms with E-state index in [1.165, 1.54) is 0 Å². The van der Waals surface area contributed by atoms with Crippen LogP contribution in [0.2, 0.25) is 0 Å². The molecule has 7 nitrogen and oxygen atoms in total. The van der Waals surface area contributed by atoms with Gasteiger partial charge in [-0.05, 0) is 62.4 Å². The molecule has 0 bridgehead atoms. The summed E-state index contributed by atoms with van der Waals surface area (Å²) in [6, 6.07) is 17.3. The number of ether oxygens (including phenoxy) is 1. The third-order valence-corrected chi connectivity index (χ3v) is 6.28. The Balaban J connectivity index is 1.73. The van der Waals surface area contributed by atoms with Gasteiger partial charge in [-0.1, -0.05) is 17.7 Å². The van der Waals surface area contributed by atoms with E-state index in [0.29, 0.717) is 23.7 Å². The topological polar surface area (TPSA) is 94.6 Å². The van der Waals surface area contributed by atoms with Gasteiger partial charge in [0.25, 0.3) is 0 Å². The first-order valence-electron chi connectivity index (χ1n) is 9.79. The van der Waals surface area contributed by atoms with Gasteiger partial charge in [0.1, 0.15) is 11.5 Å². The molecule has 0 aliphatic carbocycles. The van der Waals surface area contributed by atoms with E-state index in [9.17, 15) is 8.42 Å². The molecule has 1 N–H and O–H groups in total. The standard InChI is InChI=1S/C23H22N2O5S/c1-3-28-18-10-8-17(9-11-18)21-25-23(22(30-21)24-15-19-5-4-14-29-19)31(26,27)20-12-6-16(2)7-13-20/h4-14,24H,3,15H2,1-2H3. The van der Waals surface area contributed by atoms with Crippen molar-refractivity contribution in [2.45, 2.75) is 30.3 Å². The molecule has 31 heavy (non-hydrogen) atoms. The van der Waals surface area contributed by atoms with E-state index in [2.05, 4.69) is 10.3 Å². The van der Waals surface area contributed by atoms with Gasteiger partial charge in [0, 0.05) is 5.56 Å². The molecule has 2 aromatic carbocycles. The average Bonchev–Trinajstić information content (AvgIpc) is 3.44. The molecule has 0 radical (unpaired) electrons. The third kappa shape index (κ3) is 4.49. The quantitative estimate of drug-likeness (QED) is 0.410. The van der Waals surface area contributed by atoms with E-state index in [-0.39, 0.29) is 28.2 Å². The summed E-state index contributed by atoms with van der Waals surface area (Å²) in [7, 11) is -3.90. The van der Waals surface area contributed by atoms with E-state index in [1.54, 1.807) is 66.9 Å². The third-order valence-electron chi connectivity index (χ3n) is 4.60. The van der Waals surface area contributed by atoms with E-state index in [4.69, 9.17) is 13.6 Å². The van der Waals surface area contributed by atoms with Crippen LogP contribution in [0.15, 0.2) is 85.7 Å². The number of aromatic nitrogens is 1. The molecule has 4 aromatic rings. The second kappa shape index (κ2) is 8.69. The zero-order valence-corrected chi connectivity index (χ0v) is 18.0. The van der Waals surface area contributed by atoms with Gasteiger partial charge in [-0.3, -0.25) is 0 Å². The van der Waals surface area contributed by atoms with Gasteiger partial charge in [0.15, 0.2) is 0 Å². The van der Waals surface area contributed by atoms with Gasteiger partial charge >= 0.3 is 0 Å². The van der Waals surface area contributed by atoms with Gasteiger partial charge in [0.2, 0.25) is 26.6 Å². The lowest BCUT2D eigenvalue weighted by molar-refractivity contribution is 0.340. The number of furan rings is 1. The molecule has 2 aromatic heterocycles. The van der Waals surface area contributed by atoms with Crippen LogP contribution in [0.25, 0.3) is 11.5 Å². The number of aryl methyl sites for hydroxylation is 1. The predicted molar refractivity (Wildman–Crippen MR) is 116 cm³/mol. The second-order valence-corrected chi connectivity index (χ2v) is 8.73. The summed E-state index contributed by atoms with van der Waals surface area (Å²) in [5.41, 5.74) is 1.60. The zero-order valence-electron chi connectivity index (χ0n) is 17.2. The minimum Gasteiger partial charge on any atom is -0.494 e. The Labute approximate surface area is 180 Å². The van der Waals surface area contributed by atoms with Crippen molar-refractivity contribution < 1.29 is 22.0 Å². The Hall–Kier alpha value is -3.52. The number of anilines is 1. The second-order valence-electron chi connectivity index (χ2n) is 6.86. The lowest BCUT2D eigenvalue weighted by Crippen LogP contribution is -2.07. The summed E-state index contributed by atoms with van der Waals surface area (Å²) >= 11 is 0. The number of rotatable bonds is 8. The molecule has 0 fully saturated rings. The van der Waals surface area contributed by atoms with Crippen molar-refractivity contribution in [3.05, 3.63) is 78.3 Å². The maximum absolute atomic E-state index is 13.3. The largest absolute Gasteiger partial charge is 0.494 e. The summed E-state index contributed by atoms with van der Waals surface area (Å²) in [5, 5.41) is 2.82. The van der Waals surface area contributed by atoms with Crippen molar-refractivity contribution in [2.24, 2.45) is 0 Å². The number of nitrogens with zero attached hydrogens (tertiary/aromatic N) is 1. The first-order valence-corrected chi connectivity index (χ1v) is 11.3. The molecule has 0 aliphatic heterocycles. The lowest BCUT2D eigenvalue weighted by Gasteiger charge is -2.05. The molecule has 160 valence electrons. The minimum absolute atomic E-state index is 0.0564. The normalized spacial score (nSPS) is 11.4. The minimum atomic E-state index is -3.90. The molecular weight excluding hydrogens is 416 g/mol. The molecule has 8 heteroatoms. The van der Waals surface area contributed by atoms with Crippen LogP contribution in [0.4, 0.5) is 5.88 Å². The van der Waals surface area contributed by atoms with E-state index < -0.39 is 9.84 Å². The Bertz CT molecular complexity index is 1240. The molecular formula is C23H22N2O5S. The molecule has 2 heterocycles. The van der Waals surface area contributed by atoms with Crippen LogP contribution in [-0.4, -0.2) is 20.0 Å². The molecule has 0 saturated heterocycles. The van der Waals surface area contributed by atoms with Gasteiger partial charge in [-0.25, -0.2) is 8.42 Å². The van der Waals surface area contributed by atoms with Crippen molar-refractivity contribution in [3.8, 4) is 17.2 Å². The van der Waals surface area contributed by atoms with Crippen molar-refractivity contribution in [1.82, 2.24) is 4.98 Å². The van der Waals surface area contributed by atoms with Gasteiger partial charge in [0.05, 0.1) is 24.3 Å². The van der Waals surface area contributed by atoms with E-state index in [0.717, 1.165) is 5.56 Å². The fourth-order valence-electron chi connectivity index (χ4n) is 2.99. The van der Waals surface area contributed by atoms with Crippen molar-refractivity contribution in [2.75, 3.05) is 11.9 Å². The summed E-state index contributed by atoms with van der Waals surface area (Å²) in [6.45, 7) is 4.60. The Morgan fingerprint density at radius 1 is 1.03 bits per heavy atom. The molecule has 4 rings (SSSR count). The predicted octanol–water partition coefficient (Wildman–Crippen LogP) is 5.09. The van der Waals surface area contributed by atoms with Crippen LogP contribution in [0.5, 0.6) is 5.75 Å². The Morgan fingerprint density at radius 3 is 2.42 bits per heavy atom. The lowest BCUT2D eigenvalue weighted by atomic mass is 10.2. The van der Waals surface area contributed by atoms with E-state index in [1.807, 2.05) is 13.8 Å². The molecule has 0 atom stereocenters. The van der Waals surface area contributed by atoms with Crippen molar-refractivity contribution in [1.29, 1.82) is 0 Å². The van der Waals surface area contributed by atoms with Crippen LogP contribution in [-0.2, 0) is 16.4 Å². The first-order chi connectivity index (χ1) is 15.0. The zero-order chi connectivity index (χ0) is 21.8. The maximum Gasteiger partial charge on any atom is 0.234 e. The highest BCUT2D eigenvalue weighted by Gasteiger charge is 2.28. The number of nitrogens with one attached hydrogen (secondary N) is 1. The fraction of sp³-hybridized carbons (Fsp3) is 0.174. The summed E-state index contributed by atoms with van der Waals surface area (Å²) in [5.74, 6) is 1.59. The van der Waals surface area contributed by atoms with Crippen LogP contribution in [0.3, 0.4) is 0 Å². The molecule has 0 saturated carbocycles. The highest BCUT2D eigenvalue weighted by molar-refractivity contribution is 7.91. The Morgan fingerprint density at radius 2 is 1.77 bits per heavy atom. The van der Waals surface area contributed by atoms with Crippen LogP contribution < -0.4 is 10.1 Å². The number of oxazole rings is 1. The van der Waals surface area contributed by atoms with Gasteiger partial charge in [-0.15, -0.1) is 0 Å². The molecule has 0 spiro atoms. The van der Waals surface area contributed by atoms with Gasteiger partial charge < -0.3 is 18.9 Å². The van der Waals surface area contributed by atoms with Crippen molar-refractivity contribution in [3.63, 3.8) is 0 Å². The Kier molecular flexibility index (Phi) is 5.81. The van der Waals surface area contributed by atoms with Crippen LogP contribution in [0, 0.1) is 6.92 Å². The monoisotopic (exact) mass is 438 g/mol. The van der Waals surface area contributed by atoms with Crippen molar-refractivity contribution >= 4 is 15.7 Å². The summed E-state index contributed by atoms with van der Waals surface area (Å²) in [6.07, 6.45) is 1.55.